The Labute approximate surface area is 244 Å². The molecule has 2 aromatic carbocycles. The van der Waals surface area contributed by atoms with Crippen LogP contribution in [-0.4, -0.2) is 48.3 Å². The van der Waals surface area contributed by atoms with Gasteiger partial charge in [-0.25, -0.2) is 4.98 Å². The lowest BCUT2D eigenvalue weighted by molar-refractivity contribution is -0.118. The molecule has 0 radical (unpaired) electrons. The van der Waals surface area contributed by atoms with Crippen molar-refractivity contribution in [2.45, 2.75) is 83.2 Å². The highest BCUT2D eigenvalue weighted by Crippen LogP contribution is 2.33. The van der Waals surface area contributed by atoms with Crippen molar-refractivity contribution >= 4 is 22.6 Å². The number of morpholine rings is 1. The van der Waals surface area contributed by atoms with Gasteiger partial charge in [-0.2, -0.15) is 0 Å². The molecule has 1 amide bonds. The highest BCUT2D eigenvalue weighted by Gasteiger charge is 2.23. The predicted molar refractivity (Wildman–Crippen MR) is 166 cm³/mol. The maximum atomic E-state index is 12.1. The molecule has 2 aliphatic carbocycles. The van der Waals surface area contributed by atoms with E-state index in [9.17, 15) is 4.79 Å². The van der Waals surface area contributed by atoms with E-state index in [1.54, 1.807) is 0 Å². The Kier molecular flexibility index (Phi) is 9.22. The Morgan fingerprint density at radius 2 is 1.61 bits per heavy atom. The zero-order valence-corrected chi connectivity index (χ0v) is 24.5. The van der Waals surface area contributed by atoms with Crippen LogP contribution in [0.1, 0.15) is 82.2 Å². The van der Waals surface area contributed by atoms with E-state index in [4.69, 9.17) is 15.5 Å². The van der Waals surface area contributed by atoms with Gasteiger partial charge in [-0.3, -0.25) is 4.79 Å². The van der Waals surface area contributed by atoms with Gasteiger partial charge < -0.3 is 25.3 Å². The van der Waals surface area contributed by atoms with Gasteiger partial charge in [0.25, 0.3) is 0 Å². The molecule has 2 saturated carbocycles. The summed E-state index contributed by atoms with van der Waals surface area (Å²) in [5, 5.41) is 3.71. The van der Waals surface area contributed by atoms with Gasteiger partial charge in [-0.15, -0.1) is 0 Å². The number of hydrogen-bond acceptors (Lipinski definition) is 5. The summed E-state index contributed by atoms with van der Waals surface area (Å²) in [5.74, 6) is 2.14. The third-order valence-electron chi connectivity index (χ3n) is 9.62. The number of carbonyl (C=O) groups is 1. The molecule has 0 bridgehead atoms. The normalized spacial score (nSPS) is 20.0. The molecule has 41 heavy (non-hydrogen) atoms. The molecule has 1 atom stereocenters. The minimum atomic E-state index is -0.268. The van der Waals surface area contributed by atoms with Crippen LogP contribution in [0.4, 0.5) is 5.69 Å². The average molecular weight is 558 g/mol. The first-order valence-electron chi connectivity index (χ1n) is 16.1. The highest BCUT2D eigenvalue weighted by molar-refractivity contribution is 5.82. The van der Waals surface area contributed by atoms with E-state index < -0.39 is 0 Å². The minimum Gasteiger partial charge on any atom is -0.378 e. The van der Waals surface area contributed by atoms with Gasteiger partial charge in [0.2, 0.25) is 5.91 Å². The number of amides is 1. The zero-order chi connectivity index (χ0) is 28.0. The number of nitrogens with zero attached hydrogens (tertiary/aromatic N) is 3. The number of fused-ring (bicyclic) bond motifs is 1. The van der Waals surface area contributed by atoms with Crippen molar-refractivity contribution in [2.75, 3.05) is 37.7 Å². The molecule has 7 nitrogen and oxygen atoms in total. The molecule has 1 aliphatic heterocycles. The molecule has 1 aromatic heterocycles. The number of benzene rings is 2. The largest absolute Gasteiger partial charge is 0.378 e. The molecule has 3 aliphatic rings. The fourth-order valence-electron chi connectivity index (χ4n) is 7.25. The van der Waals surface area contributed by atoms with Crippen LogP contribution in [0.3, 0.4) is 0 Å². The Morgan fingerprint density at radius 3 is 2.29 bits per heavy atom. The summed E-state index contributed by atoms with van der Waals surface area (Å²) in [4.78, 5) is 19.7. The van der Waals surface area contributed by atoms with E-state index in [0.717, 1.165) is 61.9 Å². The van der Waals surface area contributed by atoms with Crippen LogP contribution in [0.2, 0.25) is 0 Å². The van der Waals surface area contributed by atoms with Crippen molar-refractivity contribution in [3.05, 3.63) is 48.0 Å². The fourth-order valence-corrected chi connectivity index (χ4v) is 7.25. The third kappa shape index (κ3) is 6.95. The lowest BCUT2D eigenvalue weighted by atomic mass is 9.89. The summed E-state index contributed by atoms with van der Waals surface area (Å²) >= 11 is 0. The molecule has 3 N–H and O–H groups in total. The second-order valence-electron chi connectivity index (χ2n) is 12.6. The number of aromatic nitrogens is 2. The summed E-state index contributed by atoms with van der Waals surface area (Å²) in [6.45, 7) is 5.38. The van der Waals surface area contributed by atoms with Crippen molar-refractivity contribution in [1.29, 1.82) is 0 Å². The first kappa shape index (κ1) is 28.2. The molecule has 220 valence electrons. The summed E-state index contributed by atoms with van der Waals surface area (Å²) in [7, 11) is 0. The van der Waals surface area contributed by atoms with Crippen LogP contribution < -0.4 is 16.0 Å². The van der Waals surface area contributed by atoms with Gasteiger partial charge in [0.15, 0.2) is 0 Å². The van der Waals surface area contributed by atoms with E-state index in [1.165, 1.54) is 75.4 Å². The monoisotopic (exact) mass is 557 g/mol. The van der Waals surface area contributed by atoms with Crippen LogP contribution in [-0.2, 0) is 16.1 Å². The van der Waals surface area contributed by atoms with Crippen molar-refractivity contribution in [3.63, 3.8) is 0 Å². The van der Waals surface area contributed by atoms with E-state index in [1.807, 2.05) is 0 Å². The Hall–Kier alpha value is -2.90. The Morgan fingerprint density at radius 1 is 0.927 bits per heavy atom. The highest BCUT2D eigenvalue weighted by atomic mass is 16.5. The van der Waals surface area contributed by atoms with Crippen molar-refractivity contribution in [1.82, 2.24) is 14.9 Å². The second-order valence-corrected chi connectivity index (χ2v) is 12.6. The quantitative estimate of drug-likeness (QED) is 0.310. The third-order valence-corrected chi connectivity index (χ3v) is 9.62. The predicted octanol–water partition coefficient (Wildman–Crippen LogP) is 6.21. The lowest BCUT2D eigenvalue weighted by Crippen LogP contribution is -2.36. The number of imidazole rings is 1. The summed E-state index contributed by atoms with van der Waals surface area (Å²) in [5.41, 5.74) is 11.4. The minimum absolute atomic E-state index is 0.0847. The van der Waals surface area contributed by atoms with Crippen LogP contribution >= 0.6 is 0 Å². The first-order chi connectivity index (χ1) is 20.1. The lowest BCUT2D eigenvalue weighted by Gasteiger charge is -2.29. The van der Waals surface area contributed by atoms with Crippen LogP contribution in [0.25, 0.3) is 22.4 Å². The standard InChI is InChI=1S/C34H47N5O2/c35-33(40)22-30(36-23-25-7-3-1-4-8-25)28-13-16-32-31(21-28)37-34(39(32)24-26-9-5-2-6-10-26)27-11-14-29(15-12-27)38-17-19-41-20-18-38/h11-16,21,25-26,30,36H,1-10,17-20,22-24H2,(H2,35,40). The molecule has 7 heteroatoms. The SMILES string of the molecule is NC(=O)CC(NCC1CCCCC1)c1ccc2c(c1)nc(-c1ccc(N3CCOCC3)cc1)n2CC1CCCCC1. The maximum absolute atomic E-state index is 12.1. The van der Waals surface area contributed by atoms with Gasteiger partial charge in [-0.05, 0) is 86.0 Å². The summed E-state index contributed by atoms with van der Waals surface area (Å²) < 4.78 is 8.00. The smallest absolute Gasteiger partial charge is 0.219 e. The Bertz CT molecular complexity index is 1280. The van der Waals surface area contributed by atoms with Gasteiger partial charge in [0, 0.05) is 43.3 Å². The average Bonchev–Trinajstić information content (AvgIpc) is 3.38. The maximum Gasteiger partial charge on any atom is 0.219 e. The summed E-state index contributed by atoms with van der Waals surface area (Å²) in [6.07, 6.45) is 13.4. The molecule has 3 fully saturated rings. The van der Waals surface area contributed by atoms with Gasteiger partial charge in [0.05, 0.1) is 24.2 Å². The molecular weight excluding hydrogens is 510 g/mol. The van der Waals surface area contributed by atoms with Gasteiger partial charge >= 0.3 is 0 Å². The van der Waals surface area contributed by atoms with Gasteiger partial charge in [0.1, 0.15) is 5.82 Å². The number of carbonyl (C=O) groups excluding carboxylic acids is 1. The van der Waals surface area contributed by atoms with E-state index in [-0.39, 0.29) is 11.9 Å². The van der Waals surface area contributed by atoms with Crippen molar-refractivity contribution in [2.24, 2.45) is 17.6 Å². The number of nitrogens with two attached hydrogens (primary N) is 1. The van der Waals surface area contributed by atoms with Gasteiger partial charge in [-0.1, -0.05) is 44.6 Å². The molecule has 1 unspecified atom stereocenters. The van der Waals surface area contributed by atoms with Crippen molar-refractivity contribution in [3.8, 4) is 11.4 Å². The Balaban J connectivity index is 1.30. The molecule has 6 rings (SSSR count). The van der Waals surface area contributed by atoms with Crippen LogP contribution in [0.5, 0.6) is 0 Å². The molecule has 0 spiro atoms. The molecule has 1 saturated heterocycles. The number of primary amides is 1. The number of hydrogen-bond donors (Lipinski definition) is 2. The second kappa shape index (κ2) is 13.4. The topological polar surface area (TPSA) is 85.4 Å². The van der Waals surface area contributed by atoms with E-state index in [2.05, 4.69) is 57.2 Å². The van der Waals surface area contributed by atoms with Crippen LogP contribution in [0, 0.1) is 11.8 Å². The number of ether oxygens (including phenoxy) is 1. The van der Waals surface area contributed by atoms with Crippen LogP contribution in [0.15, 0.2) is 42.5 Å². The number of nitrogens with one attached hydrogen (secondary N) is 1. The van der Waals surface area contributed by atoms with E-state index in [0.29, 0.717) is 18.3 Å². The fraction of sp³-hybridized carbons (Fsp3) is 0.588. The molecular formula is C34H47N5O2. The molecule has 3 aromatic rings. The zero-order valence-electron chi connectivity index (χ0n) is 24.5. The van der Waals surface area contributed by atoms with Crippen molar-refractivity contribution < 1.29 is 9.53 Å². The number of anilines is 1. The molecule has 2 heterocycles. The van der Waals surface area contributed by atoms with E-state index >= 15 is 0 Å². The number of rotatable bonds is 10. The summed E-state index contributed by atoms with van der Waals surface area (Å²) in [6, 6.07) is 15.4. The first-order valence-corrected chi connectivity index (χ1v) is 16.1.